The van der Waals surface area contributed by atoms with E-state index in [4.69, 9.17) is 11.6 Å². The van der Waals surface area contributed by atoms with E-state index >= 15 is 0 Å². The zero-order valence-electron chi connectivity index (χ0n) is 16.6. The van der Waals surface area contributed by atoms with Gasteiger partial charge in [0.25, 0.3) is 0 Å². The Labute approximate surface area is 176 Å². The molecule has 0 saturated carbocycles. The smallest absolute Gasteiger partial charge is 0.304 e. The van der Waals surface area contributed by atoms with Crippen molar-refractivity contribution in [2.24, 2.45) is 5.41 Å². The minimum absolute atomic E-state index is 0.0304. The normalized spacial score (nSPS) is 27.2. The topological polar surface area (TPSA) is 60.9 Å². The van der Waals surface area contributed by atoms with Gasteiger partial charge < -0.3 is 10.0 Å². The van der Waals surface area contributed by atoms with Crippen LogP contribution in [0.1, 0.15) is 57.6 Å². The van der Waals surface area contributed by atoms with Crippen LogP contribution in [-0.2, 0) is 9.59 Å². The van der Waals surface area contributed by atoms with Crippen LogP contribution in [0.4, 0.5) is 0 Å². The lowest BCUT2D eigenvalue weighted by atomic mass is 9.74. The summed E-state index contributed by atoms with van der Waals surface area (Å²) >= 11 is 7.91. The number of piperidine rings is 1. The maximum Gasteiger partial charge on any atom is 0.304 e. The average molecular weight is 425 g/mol. The molecule has 1 N–H and O–H groups in total. The van der Waals surface area contributed by atoms with Crippen LogP contribution in [0.25, 0.3) is 0 Å². The molecule has 154 valence electrons. The number of amides is 1. The molecule has 0 aliphatic carbocycles. The molecule has 3 atom stereocenters. The predicted octanol–water partition coefficient (Wildman–Crippen LogP) is 4.62. The van der Waals surface area contributed by atoms with Crippen LogP contribution in [0, 0.1) is 5.41 Å². The lowest BCUT2D eigenvalue weighted by Crippen LogP contribution is -2.55. The third kappa shape index (κ3) is 4.66. The predicted molar refractivity (Wildman–Crippen MR) is 113 cm³/mol. The van der Waals surface area contributed by atoms with Crippen LogP contribution in [0.15, 0.2) is 24.3 Å². The maximum atomic E-state index is 13.6. The van der Waals surface area contributed by atoms with Gasteiger partial charge in [0.15, 0.2) is 0 Å². The van der Waals surface area contributed by atoms with Gasteiger partial charge in [-0.2, -0.15) is 0 Å². The first-order valence-electron chi connectivity index (χ1n) is 10.0. The summed E-state index contributed by atoms with van der Waals surface area (Å²) in [5.41, 5.74) is 0.225. The van der Waals surface area contributed by atoms with Gasteiger partial charge in [-0.15, -0.1) is 0 Å². The van der Waals surface area contributed by atoms with Crippen LogP contribution >= 0.6 is 23.5 Å². The molecule has 2 saturated heterocycles. The Balaban J connectivity index is 1.92. The van der Waals surface area contributed by atoms with Gasteiger partial charge in [0, 0.05) is 29.9 Å². The van der Waals surface area contributed by atoms with Gasteiger partial charge in [0.05, 0.1) is 17.9 Å². The van der Waals surface area contributed by atoms with E-state index in [9.17, 15) is 14.7 Å². The molecule has 3 unspecified atom stereocenters. The molecular formula is C21H29ClN2O3S. The van der Waals surface area contributed by atoms with E-state index in [1.165, 1.54) is 6.42 Å². The standard InChI is InChI=1S/C21H29ClN2O3S/c1-3-17(14-23-11-4-12-28-23)24-18(15-5-7-16(22)8-6-15)9-10-21(2,20(24)27)13-19(25)26/h5-8,17-18H,3-4,9-14H2,1-2H3,(H,25,26). The SMILES string of the molecule is CCC(CN1CCCS1)N1C(=O)C(C)(CC(=O)O)CCC1c1ccc(Cl)cc1. The number of aliphatic carboxylic acids is 1. The number of benzene rings is 1. The number of carboxylic acids is 1. The van der Waals surface area contributed by atoms with E-state index in [-0.39, 0.29) is 24.4 Å². The van der Waals surface area contributed by atoms with Crippen LogP contribution < -0.4 is 0 Å². The van der Waals surface area contributed by atoms with E-state index in [0.717, 1.165) is 37.2 Å². The van der Waals surface area contributed by atoms with Gasteiger partial charge in [-0.05, 0) is 43.4 Å². The lowest BCUT2D eigenvalue weighted by Gasteiger charge is -2.48. The number of carboxylic acid groups (broad SMARTS) is 1. The Morgan fingerprint density at radius 2 is 2.11 bits per heavy atom. The molecule has 28 heavy (non-hydrogen) atoms. The number of halogens is 1. The molecule has 0 spiro atoms. The van der Waals surface area contributed by atoms with Crippen molar-refractivity contribution in [1.29, 1.82) is 0 Å². The summed E-state index contributed by atoms with van der Waals surface area (Å²) in [5.74, 6) is 0.183. The fraction of sp³-hybridized carbons (Fsp3) is 0.619. The Hall–Kier alpha value is -1.24. The highest BCUT2D eigenvalue weighted by atomic mass is 35.5. The summed E-state index contributed by atoms with van der Waals surface area (Å²) in [6.45, 7) is 5.79. The summed E-state index contributed by atoms with van der Waals surface area (Å²) in [4.78, 5) is 27.0. The summed E-state index contributed by atoms with van der Waals surface area (Å²) in [6, 6.07) is 7.73. The van der Waals surface area contributed by atoms with Gasteiger partial charge in [0.1, 0.15) is 0 Å². The largest absolute Gasteiger partial charge is 0.481 e. The van der Waals surface area contributed by atoms with E-state index in [0.29, 0.717) is 11.4 Å². The molecule has 0 radical (unpaired) electrons. The van der Waals surface area contributed by atoms with E-state index < -0.39 is 11.4 Å². The van der Waals surface area contributed by atoms with Crippen molar-refractivity contribution in [2.75, 3.05) is 18.8 Å². The van der Waals surface area contributed by atoms with Gasteiger partial charge in [-0.1, -0.05) is 49.5 Å². The molecule has 0 aromatic heterocycles. The number of carbonyl (C=O) groups is 2. The Morgan fingerprint density at radius 3 is 2.68 bits per heavy atom. The van der Waals surface area contributed by atoms with Crippen molar-refractivity contribution >= 4 is 35.4 Å². The molecule has 1 aromatic carbocycles. The number of nitrogens with zero attached hydrogens (tertiary/aromatic N) is 2. The summed E-state index contributed by atoms with van der Waals surface area (Å²) < 4.78 is 2.35. The van der Waals surface area contributed by atoms with E-state index in [2.05, 4.69) is 11.2 Å². The number of hydrogen-bond donors (Lipinski definition) is 1. The number of likely N-dealkylation sites (tertiary alicyclic amines) is 1. The molecule has 7 heteroatoms. The number of carbonyl (C=O) groups excluding carboxylic acids is 1. The van der Waals surface area contributed by atoms with Crippen molar-refractivity contribution in [3.8, 4) is 0 Å². The Morgan fingerprint density at radius 1 is 1.39 bits per heavy atom. The van der Waals surface area contributed by atoms with Crippen molar-refractivity contribution in [3.63, 3.8) is 0 Å². The number of rotatable bonds is 7. The molecule has 1 amide bonds. The van der Waals surface area contributed by atoms with Crippen LogP contribution in [0.3, 0.4) is 0 Å². The minimum Gasteiger partial charge on any atom is -0.481 e. The average Bonchev–Trinajstić information content (AvgIpc) is 3.16. The highest BCUT2D eigenvalue weighted by Gasteiger charge is 2.47. The molecule has 3 rings (SSSR count). The molecule has 2 aliphatic rings. The van der Waals surface area contributed by atoms with Gasteiger partial charge in [-0.25, -0.2) is 4.31 Å². The molecule has 1 aromatic rings. The Bertz CT molecular complexity index is 708. The van der Waals surface area contributed by atoms with Crippen molar-refractivity contribution < 1.29 is 14.7 Å². The second-order valence-electron chi connectivity index (χ2n) is 8.09. The zero-order chi connectivity index (χ0) is 20.3. The quantitative estimate of drug-likeness (QED) is 0.647. The maximum absolute atomic E-state index is 13.6. The lowest BCUT2D eigenvalue weighted by molar-refractivity contribution is -0.159. The summed E-state index contributed by atoms with van der Waals surface area (Å²) in [7, 11) is 0. The number of hydrogen-bond acceptors (Lipinski definition) is 4. The fourth-order valence-corrected chi connectivity index (χ4v) is 5.55. The Kier molecular flexibility index (Phi) is 6.94. The molecule has 2 aliphatic heterocycles. The first-order chi connectivity index (χ1) is 13.3. The second-order valence-corrected chi connectivity index (χ2v) is 9.71. The molecule has 2 fully saturated rings. The first kappa shape index (κ1) is 21.5. The van der Waals surface area contributed by atoms with Crippen molar-refractivity contribution in [3.05, 3.63) is 34.9 Å². The molecular weight excluding hydrogens is 396 g/mol. The molecule has 2 heterocycles. The summed E-state index contributed by atoms with van der Waals surface area (Å²) in [5, 5.41) is 10.1. The highest BCUT2D eigenvalue weighted by molar-refractivity contribution is 7.97. The fourth-order valence-electron chi connectivity index (χ4n) is 4.38. The van der Waals surface area contributed by atoms with Gasteiger partial charge in [-0.3, -0.25) is 9.59 Å². The van der Waals surface area contributed by atoms with Crippen LogP contribution in [0.2, 0.25) is 5.02 Å². The van der Waals surface area contributed by atoms with Crippen molar-refractivity contribution in [2.45, 2.75) is 58.0 Å². The molecule has 0 bridgehead atoms. The minimum atomic E-state index is -0.913. The second kappa shape index (κ2) is 9.06. The summed E-state index contributed by atoms with van der Waals surface area (Å²) in [6.07, 6.45) is 3.24. The molecule has 5 nitrogen and oxygen atoms in total. The third-order valence-corrected chi connectivity index (χ3v) is 7.38. The third-order valence-electron chi connectivity index (χ3n) is 5.96. The van der Waals surface area contributed by atoms with Crippen molar-refractivity contribution in [1.82, 2.24) is 9.21 Å². The van der Waals surface area contributed by atoms with E-state index in [1.807, 2.05) is 48.0 Å². The zero-order valence-corrected chi connectivity index (χ0v) is 18.1. The van der Waals surface area contributed by atoms with Gasteiger partial charge >= 0.3 is 5.97 Å². The van der Waals surface area contributed by atoms with Crippen LogP contribution in [-0.4, -0.2) is 51.1 Å². The van der Waals surface area contributed by atoms with Crippen LogP contribution in [0.5, 0.6) is 0 Å². The first-order valence-corrected chi connectivity index (χ1v) is 11.3. The van der Waals surface area contributed by atoms with Gasteiger partial charge in [0.2, 0.25) is 5.91 Å². The monoisotopic (exact) mass is 424 g/mol. The highest BCUT2D eigenvalue weighted by Crippen LogP contribution is 2.44. The van der Waals surface area contributed by atoms with E-state index in [1.54, 1.807) is 0 Å².